The van der Waals surface area contributed by atoms with Gasteiger partial charge < -0.3 is 5.11 Å². The van der Waals surface area contributed by atoms with Crippen LogP contribution in [0.3, 0.4) is 0 Å². The van der Waals surface area contributed by atoms with Gasteiger partial charge in [0.05, 0.1) is 11.1 Å². The third-order valence-electron chi connectivity index (χ3n) is 3.06. The van der Waals surface area contributed by atoms with Gasteiger partial charge in [-0.1, -0.05) is 12.1 Å². The number of aromatic carboxylic acids is 1. The van der Waals surface area contributed by atoms with Gasteiger partial charge in [-0.05, 0) is 47.9 Å². The van der Waals surface area contributed by atoms with E-state index < -0.39 is 23.5 Å². The van der Waals surface area contributed by atoms with E-state index in [0.717, 1.165) is 12.1 Å². The number of carbonyl (C=O) groups is 1. The summed E-state index contributed by atoms with van der Waals surface area (Å²) in [7, 11) is 0. The lowest BCUT2D eigenvalue weighted by atomic mass is 9.97. The van der Waals surface area contributed by atoms with Gasteiger partial charge in [0.15, 0.2) is 0 Å². The molecule has 0 aliphatic heterocycles. The van der Waals surface area contributed by atoms with E-state index >= 15 is 0 Å². The Hall–Kier alpha value is -2.37. The molecular weight excluding hydrogens is 288 g/mol. The van der Waals surface area contributed by atoms with Crippen LogP contribution in [0.4, 0.5) is 17.6 Å². The van der Waals surface area contributed by atoms with Crippen molar-refractivity contribution in [3.05, 3.63) is 58.9 Å². The van der Waals surface area contributed by atoms with Gasteiger partial charge in [0.25, 0.3) is 0 Å². The highest BCUT2D eigenvalue weighted by molar-refractivity contribution is 5.89. The minimum atomic E-state index is -4.75. The molecule has 0 bridgehead atoms. The van der Waals surface area contributed by atoms with E-state index in [0.29, 0.717) is 17.2 Å². The standard InChI is InChI=1S/C15H10F4O2/c1-8-6-10(14(20)21)2-4-11(8)9-3-5-12(13(16)7-9)15(17,18)19/h2-7H,1H3,(H,20,21). The van der Waals surface area contributed by atoms with Crippen molar-refractivity contribution in [1.82, 2.24) is 0 Å². The van der Waals surface area contributed by atoms with Crippen molar-refractivity contribution in [3.63, 3.8) is 0 Å². The Morgan fingerprint density at radius 3 is 2.24 bits per heavy atom. The van der Waals surface area contributed by atoms with Crippen LogP contribution < -0.4 is 0 Å². The third-order valence-corrected chi connectivity index (χ3v) is 3.06. The van der Waals surface area contributed by atoms with Crippen molar-refractivity contribution in [2.75, 3.05) is 0 Å². The average Bonchev–Trinajstić information content (AvgIpc) is 2.36. The molecule has 21 heavy (non-hydrogen) atoms. The molecule has 0 saturated carbocycles. The summed E-state index contributed by atoms with van der Waals surface area (Å²) < 4.78 is 51.1. The molecule has 0 amide bonds. The Kier molecular flexibility index (Phi) is 3.72. The molecule has 2 aromatic carbocycles. The molecule has 0 aliphatic carbocycles. The first-order valence-corrected chi connectivity index (χ1v) is 5.91. The van der Waals surface area contributed by atoms with Crippen molar-refractivity contribution in [3.8, 4) is 11.1 Å². The molecular formula is C15H10F4O2. The summed E-state index contributed by atoms with van der Waals surface area (Å²) in [6.45, 7) is 1.61. The van der Waals surface area contributed by atoms with Crippen molar-refractivity contribution in [2.24, 2.45) is 0 Å². The Labute approximate surface area is 117 Å². The van der Waals surface area contributed by atoms with Gasteiger partial charge in [0.1, 0.15) is 5.82 Å². The van der Waals surface area contributed by atoms with Crippen LogP contribution >= 0.6 is 0 Å². The first-order valence-electron chi connectivity index (χ1n) is 5.91. The van der Waals surface area contributed by atoms with Crippen molar-refractivity contribution >= 4 is 5.97 Å². The first kappa shape index (κ1) is 15.0. The fraction of sp³-hybridized carbons (Fsp3) is 0.133. The normalized spacial score (nSPS) is 11.5. The lowest BCUT2D eigenvalue weighted by Crippen LogP contribution is -2.08. The summed E-state index contributed by atoms with van der Waals surface area (Å²) in [5, 5.41) is 8.86. The van der Waals surface area contributed by atoms with Crippen LogP contribution in [0.25, 0.3) is 11.1 Å². The Morgan fingerprint density at radius 2 is 1.76 bits per heavy atom. The Morgan fingerprint density at radius 1 is 1.10 bits per heavy atom. The fourth-order valence-electron chi connectivity index (χ4n) is 2.03. The van der Waals surface area contributed by atoms with Gasteiger partial charge in [-0.25, -0.2) is 9.18 Å². The van der Waals surface area contributed by atoms with Crippen LogP contribution in [0.5, 0.6) is 0 Å². The average molecular weight is 298 g/mol. The quantitative estimate of drug-likeness (QED) is 0.828. The summed E-state index contributed by atoms with van der Waals surface area (Å²) in [6.07, 6.45) is -4.75. The minimum absolute atomic E-state index is 0.0589. The molecule has 0 radical (unpaired) electrons. The summed E-state index contributed by atoms with van der Waals surface area (Å²) in [4.78, 5) is 10.8. The summed E-state index contributed by atoms with van der Waals surface area (Å²) in [5.41, 5.74) is 0.00585. The lowest BCUT2D eigenvalue weighted by molar-refractivity contribution is -0.139. The number of carboxylic acid groups (broad SMARTS) is 1. The summed E-state index contributed by atoms with van der Waals surface area (Å²) >= 11 is 0. The minimum Gasteiger partial charge on any atom is -0.478 e. The van der Waals surface area contributed by atoms with Gasteiger partial charge in [-0.15, -0.1) is 0 Å². The molecule has 2 rings (SSSR count). The van der Waals surface area contributed by atoms with Crippen LogP contribution in [-0.4, -0.2) is 11.1 Å². The molecule has 2 aromatic rings. The van der Waals surface area contributed by atoms with Crippen molar-refractivity contribution < 1.29 is 27.5 Å². The van der Waals surface area contributed by atoms with Crippen LogP contribution in [0.1, 0.15) is 21.5 Å². The fourth-order valence-corrected chi connectivity index (χ4v) is 2.03. The summed E-state index contributed by atoms with van der Waals surface area (Å²) in [6, 6.07) is 6.78. The van der Waals surface area contributed by atoms with Crippen LogP contribution in [-0.2, 0) is 6.18 Å². The van der Waals surface area contributed by atoms with Gasteiger partial charge in [-0.3, -0.25) is 0 Å². The molecule has 0 spiro atoms. The predicted octanol–water partition coefficient (Wildman–Crippen LogP) is 4.52. The Balaban J connectivity index is 2.49. The maximum Gasteiger partial charge on any atom is 0.419 e. The molecule has 0 aromatic heterocycles. The van der Waals surface area contributed by atoms with E-state index in [2.05, 4.69) is 0 Å². The van der Waals surface area contributed by atoms with E-state index in [4.69, 9.17) is 5.11 Å². The number of aryl methyl sites for hydroxylation is 1. The second-order valence-corrected chi connectivity index (χ2v) is 4.53. The topological polar surface area (TPSA) is 37.3 Å². The highest BCUT2D eigenvalue weighted by Gasteiger charge is 2.33. The number of rotatable bonds is 2. The van der Waals surface area contributed by atoms with Crippen molar-refractivity contribution in [1.29, 1.82) is 0 Å². The van der Waals surface area contributed by atoms with Gasteiger partial charge in [-0.2, -0.15) is 13.2 Å². The highest BCUT2D eigenvalue weighted by Crippen LogP contribution is 2.34. The van der Waals surface area contributed by atoms with Crippen molar-refractivity contribution in [2.45, 2.75) is 13.1 Å². The molecule has 0 saturated heterocycles. The van der Waals surface area contributed by atoms with E-state index in [9.17, 15) is 22.4 Å². The van der Waals surface area contributed by atoms with Gasteiger partial charge in [0.2, 0.25) is 0 Å². The molecule has 1 N–H and O–H groups in total. The zero-order valence-corrected chi connectivity index (χ0v) is 10.8. The number of hydrogen-bond acceptors (Lipinski definition) is 1. The van der Waals surface area contributed by atoms with E-state index in [1.54, 1.807) is 6.92 Å². The maximum absolute atomic E-state index is 13.6. The second kappa shape index (κ2) is 5.20. The SMILES string of the molecule is Cc1cc(C(=O)O)ccc1-c1ccc(C(F)(F)F)c(F)c1. The second-order valence-electron chi connectivity index (χ2n) is 4.53. The monoisotopic (exact) mass is 298 g/mol. The first-order chi connectivity index (χ1) is 9.70. The van der Waals surface area contributed by atoms with Gasteiger partial charge in [0, 0.05) is 0 Å². The van der Waals surface area contributed by atoms with Gasteiger partial charge >= 0.3 is 12.1 Å². The number of alkyl halides is 3. The van der Waals surface area contributed by atoms with Crippen LogP contribution in [0.2, 0.25) is 0 Å². The molecule has 0 fully saturated rings. The molecule has 110 valence electrons. The predicted molar refractivity (Wildman–Crippen MR) is 68.5 cm³/mol. The largest absolute Gasteiger partial charge is 0.478 e. The zero-order valence-electron chi connectivity index (χ0n) is 10.8. The van der Waals surface area contributed by atoms with Crippen LogP contribution in [0, 0.1) is 12.7 Å². The van der Waals surface area contributed by atoms with E-state index in [-0.39, 0.29) is 11.1 Å². The molecule has 0 aliphatic rings. The van der Waals surface area contributed by atoms with E-state index in [1.807, 2.05) is 0 Å². The number of carboxylic acids is 1. The lowest BCUT2D eigenvalue weighted by Gasteiger charge is -2.11. The number of hydrogen-bond donors (Lipinski definition) is 1. The molecule has 2 nitrogen and oxygen atoms in total. The smallest absolute Gasteiger partial charge is 0.419 e. The Bertz CT molecular complexity index is 705. The molecule has 0 heterocycles. The maximum atomic E-state index is 13.6. The number of benzene rings is 2. The molecule has 6 heteroatoms. The van der Waals surface area contributed by atoms with Crippen LogP contribution in [0.15, 0.2) is 36.4 Å². The molecule has 0 unspecified atom stereocenters. The zero-order chi connectivity index (χ0) is 15.8. The third kappa shape index (κ3) is 3.04. The summed E-state index contributed by atoms with van der Waals surface area (Å²) in [5.74, 6) is -2.47. The van der Waals surface area contributed by atoms with E-state index in [1.165, 1.54) is 18.2 Å². The molecule has 0 atom stereocenters. The highest BCUT2D eigenvalue weighted by atomic mass is 19.4. The number of halogens is 4.